The van der Waals surface area contributed by atoms with Gasteiger partial charge in [0.25, 0.3) is 5.91 Å². The molecule has 0 radical (unpaired) electrons. The number of carbonyl (C=O) groups excluding carboxylic acids is 1. The first-order chi connectivity index (χ1) is 11.5. The molecule has 1 amide bonds. The van der Waals surface area contributed by atoms with Gasteiger partial charge in [0.1, 0.15) is 0 Å². The van der Waals surface area contributed by atoms with E-state index in [9.17, 15) is 4.79 Å². The highest BCUT2D eigenvalue weighted by atomic mass is 35.5. The third-order valence-electron chi connectivity index (χ3n) is 3.32. The Kier molecular flexibility index (Phi) is 4.83. The van der Waals surface area contributed by atoms with Crippen LogP contribution >= 0.6 is 23.2 Å². The molecule has 3 rings (SSSR count). The number of carbonyl (C=O) groups is 1. The number of nitrogens with zero attached hydrogens (tertiary/aromatic N) is 2. The van der Waals surface area contributed by atoms with E-state index in [1.807, 2.05) is 31.2 Å². The summed E-state index contributed by atoms with van der Waals surface area (Å²) >= 11 is 11.9. The molecule has 0 saturated heterocycles. The topological polar surface area (TPSA) is 68.0 Å². The van der Waals surface area contributed by atoms with Crippen molar-refractivity contribution in [3.63, 3.8) is 0 Å². The molecule has 0 atom stereocenters. The van der Waals surface area contributed by atoms with E-state index in [-0.39, 0.29) is 12.5 Å². The van der Waals surface area contributed by atoms with Crippen molar-refractivity contribution in [2.45, 2.75) is 13.5 Å². The highest BCUT2D eigenvalue weighted by molar-refractivity contribution is 6.35. The molecule has 122 valence electrons. The number of amides is 1. The van der Waals surface area contributed by atoms with Crippen molar-refractivity contribution in [3.8, 4) is 11.4 Å². The molecule has 0 bridgehead atoms. The lowest BCUT2D eigenvalue weighted by atomic mass is 10.1. The molecule has 5 nitrogen and oxygen atoms in total. The minimum atomic E-state index is -0.363. The summed E-state index contributed by atoms with van der Waals surface area (Å²) in [5.41, 5.74) is 2.25. The van der Waals surface area contributed by atoms with Crippen LogP contribution in [-0.4, -0.2) is 16.0 Å². The third kappa shape index (κ3) is 3.75. The van der Waals surface area contributed by atoms with E-state index in [2.05, 4.69) is 15.5 Å². The first-order valence-corrected chi connectivity index (χ1v) is 7.91. The zero-order chi connectivity index (χ0) is 17.1. The highest BCUT2D eigenvalue weighted by Crippen LogP contribution is 2.21. The summed E-state index contributed by atoms with van der Waals surface area (Å²) in [6.07, 6.45) is 0. The van der Waals surface area contributed by atoms with Crippen LogP contribution < -0.4 is 5.32 Å². The summed E-state index contributed by atoms with van der Waals surface area (Å²) in [6.45, 7) is 2.08. The molecular weight excluding hydrogens is 349 g/mol. The number of halogens is 2. The van der Waals surface area contributed by atoms with Crippen LogP contribution in [0.1, 0.15) is 21.8 Å². The molecule has 0 spiro atoms. The Balaban J connectivity index is 1.69. The van der Waals surface area contributed by atoms with Gasteiger partial charge in [-0.15, -0.1) is 0 Å². The Morgan fingerprint density at radius 3 is 2.83 bits per heavy atom. The number of aryl methyl sites for hydroxylation is 1. The zero-order valence-electron chi connectivity index (χ0n) is 12.7. The SMILES string of the molecule is Cc1cccc(-c2noc(CNC(=O)c3cc(Cl)ccc3Cl)n2)c1. The summed E-state index contributed by atoms with van der Waals surface area (Å²) < 4.78 is 5.16. The van der Waals surface area contributed by atoms with Crippen LogP contribution in [-0.2, 0) is 6.54 Å². The second-order valence-corrected chi connectivity index (χ2v) is 6.03. The van der Waals surface area contributed by atoms with Crippen molar-refractivity contribution in [2.24, 2.45) is 0 Å². The molecule has 0 saturated carbocycles. The van der Waals surface area contributed by atoms with Gasteiger partial charge in [0.15, 0.2) is 0 Å². The van der Waals surface area contributed by atoms with Gasteiger partial charge < -0.3 is 9.84 Å². The van der Waals surface area contributed by atoms with E-state index in [0.29, 0.717) is 27.3 Å². The quantitative estimate of drug-likeness (QED) is 0.752. The summed E-state index contributed by atoms with van der Waals surface area (Å²) in [7, 11) is 0. The Morgan fingerprint density at radius 2 is 2.04 bits per heavy atom. The molecule has 1 N–H and O–H groups in total. The van der Waals surface area contributed by atoms with E-state index in [0.717, 1.165) is 11.1 Å². The standard InChI is InChI=1S/C17H13Cl2N3O2/c1-10-3-2-4-11(7-10)16-21-15(24-22-16)9-20-17(23)13-8-12(18)5-6-14(13)19/h2-8H,9H2,1H3,(H,20,23). The van der Waals surface area contributed by atoms with Crippen LogP contribution in [0.3, 0.4) is 0 Å². The number of benzene rings is 2. The monoisotopic (exact) mass is 361 g/mol. The lowest BCUT2D eigenvalue weighted by Crippen LogP contribution is -2.23. The molecule has 24 heavy (non-hydrogen) atoms. The minimum absolute atomic E-state index is 0.0977. The van der Waals surface area contributed by atoms with E-state index in [4.69, 9.17) is 27.7 Å². The minimum Gasteiger partial charge on any atom is -0.343 e. The maximum absolute atomic E-state index is 12.2. The lowest BCUT2D eigenvalue weighted by Gasteiger charge is -2.04. The van der Waals surface area contributed by atoms with E-state index < -0.39 is 0 Å². The molecule has 1 aromatic heterocycles. The molecule has 3 aromatic rings. The van der Waals surface area contributed by atoms with Crippen molar-refractivity contribution < 1.29 is 9.32 Å². The van der Waals surface area contributed by atoms with Crippen LogP contribution in [0.4, 0.5) is 0 Å². The molecule has 0 unspecified atom stereocenters. The average Bonchev–Trinajstić information content (AvgIpc) is 3.04. The Bertz CT molecular complexity index is 893. The maximum Gasteiger partial charge on any atom is 0.253 e. The zero-order valence-corrected chi connectivity index (χ0v) is 14.2. The fourth-order valence-electron chi connectivity index (χ4n) is 2.15. The van der Waals surface area contributed by atoms with Gasteiger partial charge in [-0.1, -0.05) is 52.1 Å². The molecule has 0 aliphatic heterocycles. The highest BCUT2D eigenvalue weighted by Gasteiger charge is 2.13. The molecule has 7 heteroatoms. The molecule has 0 aliphatic rings. The number of aromatic nitrogens is 2. The summed E-state index contributed by atoms with van der Waals surface area (Å²) in [4.78, 5) is 16.4. The van der Waals surface area contributed by atoms with Gasteiger partial charge in [-0.25, -0.2) is 0 Å². The fraction of sp³-hybridized carbons (Fsp3) is 0.118. The van der Waals surface area contributed by atoms with Crippen LogP contribution in [0.25, 0.3) is 11.4 Å². The first kappa shape index (κ1) is 16.5. The second kappa shape index (κ2) is 7.03. The average molecular weight is 362 g/mol. The van der Waals surface area contributed by atoms with Crippen molar-refractivity contribution in [1.29, 1.82) is 0 Å². The van der Waals surface area contributed by atoms with E-state index in [1.54, 1.807) is 12.1 Å². The third-order valence-corrected chi connectivity index (χ3v) is 3.88. The summed E-state index contributed by atoms with van der Waals surface area (Å²) in [6, 6.07) is 12.5. The molecule has 2 aromatic carbocycles. The van der Waals surface area contributed by atoms with Gasteiger partial charge in [-0.2, -0.15) is 4.98 Å². The summed E-state index contributed by atoms with van der Waals surface area (Å²) in [5.74, 6) is 0.416. The number of hydrogen-bond donors (Lipinski definition) is 1. The smallest absolute Gasteiger partial charge is 0.253 e. The number of rotatable bonds is 4. The van der Waals surface area contributed by atoms with Crippen LogP contribution in [0.5, 0.6) is 0 Å². The van der Waals surface area contributed by atoms with Crippen LogP contribution in [0.15, 0.2) is 47.0 Å². The molecule has 0 aliphatic carbocycles. The predicted molar refractivity (Wildman–Crippen MR) is 92.1 cm³/mol. The second-order valence-electron chi connectivity index (χ2n) is 5.19. The Hall–Kier alpha value is -2.37. The normalized spacial score (nSPS) is 10.6. The van der Waals surface area contributed by atoms with Crippen LogP contribution in [0.2, 0.25) is 10.0 Å². The van der Waals surface area contributed by atoms with Crippen molar-refractivity contribution in [2.75, 3.05) is 0 Å². The first-order valence-electron chi connectivity index (χ1n) is 7.16. The number of nitrogens with one attached hydrogen (secondary N) is 1. The van der Waals surface area contributed by atoms with Crippen molar-refractivity contribution in [1.82, 2.24) is 15.5 Å². The van der Waals surface area contributed by atoms with Crippen molar-refractivity contribution in [3.05, 3.63) is 69.5 Å². The van der Waals surface area contributed by atoms with E-state index >= 15 is 0 Å². The lowest BCUT2D eigenvalue weighted by molar-refractivity contribution is 0.0946. The van der Waals surface area contributed by atoms with Gasteiger partial charge in [0.05, 0.1) is 17.1 Å². The molecule has 0 fully saturated rings. The Labute approximate surface area is 148 Å². The van der Waals surface area contributed by atoms with Crippen molar-refractivity contribution >= 4 is 29.1 Å². The largest absolute Gasteiger partial charge is 0.343 e. The molecule has 1 heterocycles. The van der Waals surface area contributed by atoms with Gasteiger partial charge in [-0.05, 0) is 31.2 Å². The predicted octanol–water partition coefficient (Wildman–Crippen LogP) is 4.28. The number of hydrogen-bond acceptors (Lipinski definition) is 4. The van der Waals surface area contributed by atoms with Gasteiger partial charge >= 0.3 is 0 Å². The Morgan fingerprint density at radius 1 is 1.21 bits per heavy atom. The summed E-state index contributed by atoms with van der Waals surface area (Å²) in [5, 5.41) is 7.36. The van der Waals surface area contributed by atoms with Gasteiger partial charge in [0.2, 0.25) is 11.7 Å². The fourth-order valence-corrected chi connectivity index (χ4v) is 2.53. The van der Waals surface area contributed by atoms with Gasteiger partial charge in [-0.3, -0.25) is 4.79 Å². The van der Waals surface area contributed by atoms with E-state index in [1.165, 1.54) is 6.07 Å². The molecular formula is C17H13Cl2N3O2. The van der Waals surface area contributed by atoms with Crippen LogP contribution in [0, 0.1) is 6.92 Å². The van der Waals surface area contributed by atoms with Gasteiger partial charge in [0, 0.05) is 10.6 Å². The maximum atomic E-state index is 12.2.